The summed E-state index contributed by atoms with van der Waals surface area (Å²) in [4.78, 5) is 31.9. The SMILES string of the molecule is CC(C)OC(=O)N1CCC(COc2cc(-c3ccc(C[C@H](N)C(=O)N4CC[C@H](F)C4)c(F)c3)ccn2)CC1. The third kappa shape index (κ3) is 7.18. The highest BCUT2D eigenvalue weighted by atomic mass is 19.1. The molecule has 2 amide bonds. The van der Waals surface area contributed by atoms with Gasteiger partial charge in [-0.15, -0.1) is 0 Å². The minimum absolute atomic E-state index is 0.0388. The minimum Gasteiger partial charge on any atom is -0.477 e. The normalized spacial score (nSPS) is 19.1. The molecular formula is C28H36F2N4O4. The van der Waals surface area contributed by atoms with E-state index in [1.165, 1.54) is 11.0 Å². The van der Waals surface area contributed by atoms with Crippen molar-refractivity contribution >= 4 is 12.0 Å². The molecule has 0 spiro atoms. The molecule has 8 nitrogen and oxygen atoms in total. The van der Waals surface area contributed by atoms with E-state index in [1.54, 1.807) is 35.4 Å². The molecule has 0 radical (unpaired) electrons. The molecule has 206 valence electrons. The number of aromatic nitrogens is 1. The monoisotopic (exact) mass is 530 g/mol. The summed E-state index contributed by atoms with van der Waals surface area (Å²) in [5.74, 6) is -0.0788. The number of hydrogen-bond donors (Lipinski definition) is 1. The van der Waals surface area contributed by atoms with Gasteiger partial charge in [0.25, 0.3) is 0 Å². The number of hydrogen-bond acceptors (Lipinski definition) is 6. The molecule has 1 aromatic carbocycles. The Balaban J connectivity index is 1.30. The summed E-state index contributed by atoms with van der Waals surface area (Å²) in [6, 6.07) is 7.42. The maximum Gasteiger partial charge on any atom is 0.410 e. The van der Waals surface area contributed by atoms with E-state index in [9.17, 15) is 18.4 Å². The lowest BCUT2D eigenvalue weighted by atomic mass is 9.98. The van der Waals surface area contributed by atoms with Gasteiger partial charge in [0.1, 0.15) is 12.0 Å². The Labute approximate surface area is 222 Å². The van der Waals surface area contributed by atoms with Gasteiger partial charge in [-0.2, -0.15) is 0 Å². The second-order valence-electron chi connectivity index (χ2n) is 10.3. The second-order valence-corrected chi connectivity index (χ2v) is 10.3. The molecule has 2 fully saturated rings. The van der Waals surface area contributed by atoms with Crippen LogP contribution >= 0.6 is 0 Å². The van der Waals surface area contributed by atoms with Crippen molar-refractivity contribution in [3.63, 3.8) is 0 Å². The van der Waals surface area contributed by atoms with Crippen molar-refractivity contribution in [3.05, 3.63) is 47.9 Å². The molecule has 4 rings (SSSR count). The van der Waals surface area contributed by atoms with Gasteiger partial charge in [-0.1, -0.05) is 12.1 Å². The van der Waals surface area contributed by atoms with E-state index < -0.39 is 18.0 Å². The van der Waals surface area contributed by atoms with E-state index in [-0.39, 0.29) is 31.1 Å². The number of rotatable bonds is 8. The topological polar surface area (TPSA) is 98.0 Å². The molecule has 2 N–H and O–H groups in total. The second kappa shape index (κ2) is 12.5. The first kappa shape index (κ1) is 27.8. The van der Waals surface area contributed by atoms with Gasteiger partial charge >= 0.3 is 6.09 Å². The summed E-state index contributed by atoms with van der Waals surface area (Å²) >= 11 is 0. The van der Waals surface area contributed by atoms with Crippen molar-refractivity contribution in [2.75, 3.05) is 32.8 Å². The van der Waals surface area contributed by atoms with Crippen LogP contribution in [0, 0.1) is 11.7 Å². The van der Waals surface area contributed by atoms with Crippen LogP contribution in [0.2, 0.25) is 0 Å². The van der Waals surface area contributed by atoms with Gasteiger partial charge in [0.05, 0.1) is 25.3 Å². The van der Waals surface area contributed by atoms with Crippen LogP contribution in [-0.2, 0) is 16.0 Å². The number of amides is 2. The Morgan fingerprint density at radius 1 is 1.08 bits per heavy atom. The molecule has 0 aliphatic carbocycles. The predicted molar refractivity (Wildman–Crippen MR) is 139 cm³/mol. The fourth-order valence-electron chi connectivity index (χ4n) is 4.80. The number of likely N-dealkylation sites (tertiary alicyclic amines) is 2. The number of nitrogens with zero attached hydrogens (tertiary/aromatic N) is 3. The zero-order valence-electron chi connectivity index (χ0n) is 21.9. The van der Waals surface area contributed by atoms with E-state index >= 15 is 0 Å². The number of halogens is 2. The largest absolute Gasteiger partial charge is 0.477 e. The maximum absolute atomic E-state index is 14.9. The van der Waals surface area contributed by atoms with Crippen molar-refractivity contribution in [1.82, 2.24) is 14.8 Å². The highest BCUT2D eigenvalue weighted by Gasteiger charge is 2.29. The van der Waals surface area contributed by atoms with E-state index in [4.69, 9.17) is 15.2 Å². The van der Waals surface area contributed by atoms with Crippen LogP contribution in [-0.4, -0.2) is 77.9 Å². The van der Waals surface area contributed by atoms with Crippen LogP contribution in [0.1, 0.15) is 38.7 Å². The number of pyridine rings is 1. The molecule has 0 unspecified atom stereocenters. The molecule has 2 atom stereocenters. The first-order chi connectivity index (χ1) is 18.2. The maximum atomic E-state index is 14.9. The third-order valence-corrected chi connectivity index (χ3v) is 7.00. The molecule has 3 heterocycles. The average Bonchev–Trinajstić information content (AvgIpc) is 3.34. The summed E-state index contributed by atoms with van der Waals surface area (Å²) in [5, 5.41) is 0. The zero-order chi connectivity index (χ0) is 27.2. The quantitative estimate of drug-likeness (QED) is 0.555. The number of piperidine rings is 1. The van der Waals surface area contributed by atoms with Crippen LogP contribution in [0.3, 0.4) is 0 Å². The predicted octanol–water partition coefficient (Wildman–Crippen LogP) is 3.96. The Morgan fingerprint density at radius 2 is 1.79 bits per heavy atom. The lowest BCUT2D eigenvalue weighted by Gasteiger charge is -2.31. The van der Waals surface area contributed by atoms with Gasteiger partial charge < -0.3 is 25.0 Å². The Bertz CT molecular complexity index is 1120. The van der Waals surface area contributed by atoms with Crippen LogP contribution in [0.15, 0.2) is 36.5 Å². The average molecular weight is 531 g/mol. The van der Waals surface area contributed by atoms with Gasteiger partial charge in [-0.05, 0) is 74.3 Å². The molecule has 2 aromatic rings. The smallest absolute Gasteiger partial charge is 0.410 e. The van der Waals surface area contributed by atoms with E-state index in [2.05, 4.69) is 4.98 Å². The molecule has 2 aliphatic heterocycles. The number of benzene rings is 1. The molecule has 0 bridgehead atoms. The van der Waals surface area contributed by atoms with E-state index in [0.717, 1.165) is 18.4 Å². The Hall–Kier alpha value is -3.27. The first-order valence-corrected chi connectivity index (χ1v) is 13.2. The molecule has 2 saturated heterocycles. The summed E-state index contributed by atoms with van der Waals surface area (Å²) in [5.41, 5.74) is 7.75. The van der Waals surface area contributed by atoms with Crippen LogP contribution in [0.5, 0.6) is 5.88 Å². The summed E-state index contributed by atoms with van der Waals surface area (Å²) in [6.07, 6.45) is 2.16. The van der Waals surface area contributed by atoms with Crippen molar-refractivity contribution < 1.29 is 27.8 Å². The number of nitrogens with two attached hydrogens (primary N) is 1. The molecule has 0 saturated carbocycles. The van der Waals surface area contributed by atoms with Gasteiger partial charge in [-0.3, -0.25) is 4.79 Å². The summed E-state index contributed by atoms with van der Waals surface area (Å²) in [7, 11) is 0. The number of carbonyl (C=O) groups excluding carboxylic acids is 2. The highest BCUT2D eigenvalue weighted by Crippen LogP contribution is 2.26. The lowest BCUT2D eigenvalue weighted by molar-refractivity contribution is -0.131. The number of carbonyl (C=O) groups is 2. The fourth-order valence-corrected chi connectivity index (χ4v) is 4.80. The third-order valence-electron chi connectivity index (χ3n) is 7.00. The van der Waals surface area contributed by atoms with Crippen molar-refractivity contribution in [2.45, 2.75) is 57.8 Å². The fraction of sp³-hybridized carbons (Fsp3) is 0.536. The molecule has 1 aromatic heterocycles. The zero-order valence-corrected chi connectivity index (χ0v) is 21.9. The van der Waals surface area contributed by atoms with Crippen molar-refractivity contribution in [3.8, 4) is 17.0 Å². The van der Waals surface area contributed by atoms with E-state index in [1.807, 2.05) is 13.8 Å². The Morgan fingerprint density at radius 3 is 2.45 bits per heavy atom. The first-order valence-electron chi connectivity index (χ1n) is 13.2. The van der Waals surface area contributed by atoms with Gasteiger partial charge in [0, 0.05) is 31.9 Å². The number of ether oxygens (including phenoxy) is 2. The standard InChI is InChI=1S/C28H36F2N4O4/c1-18(2)38-28(36)33-10-6-19(7-11-33)17-37-26-15-21(5-9-32-26)20-3-4-22(24(30)13-20)14-25(31)27(35)34-12-8-23(29)16-34/h3-5,9,13,15,18-19,23,25H,6-8,10-12,14,16-17,31H2,1-2H3/t23-,25-/m0/s1. The van der Waals surface area contributed by atoms with Gasteiger partial charge in [0.2, 0.25) is 11.8 Å². The Kier molecular flexibility index (Phi) is 9.14. The summed E-state index contributed by atoms with van der Waals surface area (Å²) in [6.45, 7) is 5.79. The van der Waals surface area contributed by atoms with Crippen LogP contribution < -0.4 is 10.5 Å². The lowest BCUT2D eigenvalue weighted by Crippen LogP contribution is -2.44. The molecule has 38 heavy (non-hydrogen) atoms. The van der Waals surface area contributed by atoms with Crippen LogP contribution in [0.25, 0.3) is 11.1 Å². The summed E-state index contributed by atoms with van der Waals surface area (Å²) < 4.78 is 39.5. The molecular weight excluding hydrogens is 494 g/mol. The van der Waals surface area contributed by atoms with Crippen molar-refractivity contribution in [1.29, 1.82) is 0 Å². The number of alkyl halides is 1. The van der Waals surface area contributed by atoms with Gasteiger partial charge in [-0.25, -0.2) is 18.6 Å². The van der Waals surface area contributed by atoms with E-state index in [0.29, 0.717) is 55.6 Å². The minimum atomic E-state index is -1.02. The highest BCUT2D eigenvalue weighted by molar-refractivity contribution is 5.82. The van der Waals surface area contributed by atoms with Crippen molar-refractivity contribution in [2.24, 2.45) is 11.7 Å². The molecule has 2 aliphatic rings. The van der Waals surface area contributed by atoms with Gasteiger partial charge in [0.15, 0.2) is 0 Å². The molecule has 10 heteroatoms. The van der Waals surface area contributed by atoms with Crippen LogP contribution in [0.4, 0.5) is 13.6 Å².